The molecule has 1 aromatic heterocycles. The van der Waals surface area contributed by atoms with Crippen molar-refractivity contribution in [3.63, 3.8) is 0 Å². The molecule has 1 N–H and O–H groups in total. The number of carbonyl (C=O) groups excluding carboxylic acids is 1. The van der Waals surface area contributed by atoms with Crippen LogP contribution in [0.3, 0.4) is 0 Å². The predicted molar refractivity (Wildman–Crippen MR) is 89.3 cm³/mol. The van der Waals surface area contributed by atoms with Crippen LogP contribution in [0.5, 0.6) is 0 Å². The highest BCUT2D eigenvalue weighted by Crippen LogP contribution is 2.31. The molecule has 1 atom stereocenters. The smallest absolute Gasteiger partial charge is 0.387 e. The first-order valence-electron chi connectivity index (χ1n) is 8.41. The number of benzene rings is 1. The van der Waals surface area contributed by atoms with Crippen molar-refractivity contribution < 1.29 is 23.1 Å². The molecule has 138 valence electrons. The summed E-state index contributed by atoms with van der Waals surface area (Å²) in [7, 11) is 0. The van der Waals surface area contributed by atoms with Gasteiger partial charge in [-0.2, -0.15) is 13.2 Å². The van der Waals surface area contributed by atoms with Crippen molar-refractivity contribution in [2.45, 2.75) is 31.5 Å². The lowest BCUT2D eigenvalue weighted by Gasteiger charge is -2.23. The van der Waals surface area contributed by atoms with E-state index in [0.717, 1.165) is 41.9 Å². The van der Waals surface area contributed by atoms with Gasteiger partial charge in [0.2, 0.25) is 5.91 Å². The largest absolute Gasteiger partial charge is 0.416 e. The fourth-order valence-corrected chi connectivity index (χ4v) is 3.27. The highest BCUT2D eigenvalue weighted by Gasteiger charge is 2.31. The third-order valence-corrected chi connectivity index (χ3v) is 4.54. The molecule has 26 heavy (non-hydrogen) atoms. The molecule has 1 amide bonds. The summed E-state index contributed by atoms with van der Waals surface area (Å²) in [5, 5.41) is 9.10. The molecule has 0 spiro atoms. The van der Waals surface area contributed by atoms with Gasteiger partial charge >= 0.3 is 6.18 Å². The van der Waals surface area contributed by atoms with E-state index in [0.29, 0.717) is 13.0 Å². The van der Waals surface area contributed by atoms with Gasteiger partial charge in [-0.05, 0) is 42.7 Å². The number of nitrogens with zero attached hydrogens (tertiary/aromatic N) is 2. The van der Waals surface area contributed by atoms with Gasteiger partial charge in [-0.25, -0.2) is 0 Å². The van der Waals surface area contributed by atoms with Crippen LogP contribution in [0.15, 0.2) is 42.5 Å². The van der Waals surface area contributed by atoms with Crippen LogP contribution in [0.4, 0.5) is 13.2 Å². The molecule has 0 radical (unpaired) electrons. The summed E-state index contributed by atoms with van der Waals surface area (Å²) in [6.07, 6.45) is -2.31. The van der Waals surface area contributed by atoms with Crippen molar-refractivity contribution in [1.82, 2.24) is 9.88 Å². The summed E-state index contributed by atoms with van der Waals surface area (Å²) < 4.78 is 37.9. The molecular formula is C19H19F3N2O2. The van der Waals surface area contributed by atoms with Crippen LogP contribution in [0, 0.1) is 0 Å². The number of aromatic nitrogens is 1. The molecular weight excluding hydrogens is 345 g/mol. The Morgan fingerprint density at radius 1 is 1.19 bits per heavy atom. The third kappa shape index (κ3) is 4.04. The molecule has 7 heteroatoms. The van der Waals surface area contributed by atoms with E-state index in [2.05, 4.69) is 4.98 Å². The molecule has 2 aromatic rings. The van der Waals surface area contributed by atoms with E-state index in [4.69, 9.17) is 5.11 Å². The van der Waals surface area contributed by atoms with Crippen molar-refractivity contribution >= 4 is 5.91 Å². The summed E-state index contributed by atoms with van der Waals surface area (Å²) in [5.41, 5.74) is 1.53. The van der Waals surface area contributed by atoms with Gasteiger partial charge < -0.3 is 10.0 Å². The monoisotopic (exact) mass is 364 g/mol. The Hall–Kier alpha value is -2.41. The third-order valence-electron chi connectivity index (χ3n) is 4.54. The van der Waals surface area contributed by atoms with Crippen LogP contribution >= 0.6 is 0 Å². The quantitative estimate of drug-likeness (QED) is 0.905. The zero-order valence-electron chi connectivity index (χ0n) is 14.0. The predicted octanol–water partition coefficient (Wildman–Crippen LogP) is 3.35. The number of rotatable bonds is 4. The number of aliphatic hydroxyl groups is 1. The maximum absolute atomic E-state index is 12.6. The number of carbonyl (C=O) groups is 1. The number of pyridine rings is 1. The molecule has 1 aliphatic heterocycles. The molecule has 1 aromatic carbocycles. The highest BCUT2D eigenvalue weighted by atomic mass is 19.4. The van der Waals surface area contributed by atoms with Gasteiger partial charge in [0.15, 0.2) is 0 Å². The highest BCUT2D eigenvalue weighted by molar-refractivity contribution is 5.77. The Kier molecular flexibility index (Phi) is 5.27. The van der Waals surface area contributed by atoms with E-state index in [9.17, 15) is 18.0 Å². The Balaban J connectivity index is 1.76. The summed E-state index contributed by atoms with van der Waals surface area (Å²) in [5.74, 6) is -0.317. The molecule has 0 aliphatic carbocycles. The second kappa shape index (κ2) is 7.45. The standard InChI is InChI=1S/C19H19F3N2O2/c20-19(21,22)14-8-6-13(7-9-14)11-15-3-1-4-16(23-15)17-5-2-10-24(17)18(26)12-25/h1,3-4,6-9,17,25H,2,5,10-12H2. The van der Waals surface area contributed by atoms with E-state index in [-0.39, 0.29) is 11.9 Å². The Bertz CT molecular complexity index is 775. The summed E-state index contributed by atoms with van der Waals surface area (Å²) in [6, 6.07) is 10.4. The number of aliphatic hydroxyl groups excluding tert-OH is 1. The van der Waals surface area contributed by atoms with E-state index in [1.54, 1.807) is 4.90 Å². The summed E-state index contributed by atoms with van der Waals surface area (Å²) >= 11 is 0. The SMILES string of the molecule is O=C(CO)N1CCCC1c1cccc(Cc2ccc(C(F)(F)F)cc2)n1. The fourth-order valence-electron chi connectivity index (χ4n) is 3.27. The lowest BCUT2D eigenvalue weighted by Crippen LogP contribution is -2.33. The number of hydrogen-bond acceptors (Lipinski definition) is 3. The lowest BCUT2D eigenvalue weighted by atomic mass is 10.1. The second-order valence-corrected chi connectivity index (χ2v) is 6.33. The normalized spacial score (nSPS) is 17.5. The van der Waals surface area contributed by atoms with Gasteiger partial charge in [0.25, 0.3) is 0 Å². The molecule has 3 rings (SSSR count). The van der Waals surface area contributed by atoms with Crippen molar-refractivity contribution in [3.05, 3.63) is 65.0 Å². The van der Waals surface area contributed by atoms with Crippen LogP contribution in [0.25, 0.3) is 0 Å². The Labute approximate surface area is 149 Å². The Morgan fingerprint density at radius 2 is 1.92 bits per heavy atom. The van der Waals surface area contributed by atoms with Crippen molar-refractivity contribution in [2.75, 3.05) is 13.2 Å². The number of halogens is 3. The minimum absolute atomic E-state index is 0.165. The van der Waals surface area contributed by atoms with E-state index in [1.807, 2.05) is 18.2 Å². The Morgan fingerprint density at radius 3 is 2.58 bits per heavy atom. The average Bonchev–Trinajstić information content (AvgIpc) is 3.11. The topological polar surface area (TPSA) is 53.4 Å². The van der Waals surface area contributed by atoms with Crippen LogP contribution in [0.2, 0.25) is 0 Å². The van der Waals surface area contributed by atoms with Crippen molar-refractivity contribution in [2.24, 2.45) is 0 Å². The van der Waals surface area contributed by atoms with Crippen molar-refractivity contribution in [3.8, 4) is 0 Å². The van der Waals surface area contributed by atoms with Crippen LogP contribution in [0.1, 0.15) is 41.4 Å². The van der Waals surface area contributed by atoms with E-state index in [1.165, 1.54) is 12.1 Å². The van der Waals surface area contributed by atoms with Gasteiger partial charge in [-0.1, -0.05) is 18.2 Å². The molecule has 1 saturated heterocycles. The molecule has 1 fully saturated rings. The average molecular weight is 364 g/mol. The van der Waals surface area contributed by atoms with Gasteiger partial charge in [-0.15, -0.1) is 0 Å². The minimum Gasteiger partial charge on any atom is -0.387 e. The summed E-state index contributed by atoms with van der Waals surface area (Å²) in [6.45, 7) is 0.0661. The minimum atomic E-state index is -4.35. The lowest BCUT2D eigenvalue weighted by molar-refractivity contribution is -0.137. The maximum atomic E-state index is 12.6. The van der Waals surface area contributed by atoms with Gasteiger partial charge in [-0.3, -0.25) is 9.78 Å². The number of likely N-dealkylation sites (tertiary alicyclic amines) is 1. The second-order valence-electron chi connectivity index (χ2n) is 6.33. The molecule has 0 saturated carbocycles. The number of alkyl halides is 3. The van der Waals surface area contributed by atoms with Crippen LogP contribution < -0.4 is 0 Å². The molecule has 1 unspecified atom stereocenters. The zero-order chi connectivity index (χ0) is 18.7. The van der Waals surface area contributed by atoms with Gasteiger partial charge in [0.1, 0.15) is 6.61 Å². The maximum Gasteiger partial charge on any atom is 0.416 e. The fraction of sp³-hybridized carbons (Fsp3) is 0.368. The van der Waals surface area contributed by atoms with Crippen LogP contribution in [-0.4, -0.2) is 34.0 Å². The molecule has 0 bridgehead atoms. The van der Waals surface area contributed by atoms with Crippen molar-refractivity contribution in [1.29, 1.82) is 0 Å². The first kappa shape index (κ1) is 18.4. The van der Waals surface area contributed by atoms with Crippen LogP contribution in [-0.2, 0) is 17.4 Å². The van der Waals surface area contributed by atoms with Gasteiger partial charge in [0.05, 0.1) is 17.3 Å². The first-order chi connectivity index (χ1) is 12.4. The number of hydrogen-bond donors (Lipinski definition) is 1. The molecule has 4 nitrogen and oxygen atoms in total. The first-order valence-corrected chi connectivity index (χ1v) is 8.41. The van der Waals surface area contributed by atoms with E-state index < -0.39 is 18.3 Å². The summed E-state index contributed by atoms with van der Waals surface area (Å²) in [4.78, 5) is 18.1. The number of amides is 1. The molecule has 2 heterocycles. The molecule has 1 aliphatic rings. The zero-order valence-corrected chi connectivity index (χ0v) is 14.0. The van der Waals surface area contributed by atoms with E-state index >= 15 is 0 Å². The van der Waals surface area contributed by atoms with Gasteiger partial charge in [0, 0.05) is 18.7 Å².